The Morgan fingerprint density at radius 2 is 2.00 bits per heavy atom. The molecule has 5 nitrogen and oxygen atoms in total. The van der Waals surface area contributed by atoms with Crippen molar-refractivity contribution in [2.45, 2.75) is 20.0 Å². The summed E-state index contributed by atoms with van der Waals surface area (Å²) in [7, 11) is 0. The summed E-state index contributed by atoms with van der Waals surface area (Å²) >= 11 is 5.61. The Bertz CT molecular complexity index is 779. The van der Waals surface area contributed by atoms with E-state index in [2.05, 4.69) is 5.32 Å². The first-order valence-electron chi connectivity index (χ1n) is 7.14. The predicted octanol–water partition coefficient (Wildman–Crippen LogP) is 4.10. The van der Waals surface area contributed by atoms with E-state index in [1.807, 2.05) is 0 Å². The minimum Gasteiger partial charge on any atom is -0.489 e. The number of amides is 1. The maximum Gasteiger partial charge on any atom is 0.337 e. The van der Waals surface area contributed by atoms with Crippen LogP contribution in [-0.4, -0.2) is 17.0 Å². The highest BCUT2D eigenvalue weighted by molar-refractivity contribution is 6.30. The van der Waals surface area contributed by atoms with Crippen molar-refractivity contribution in [2.24, 2.45) is 0 Å². The fourth-order valence-corrected chi connectivity index (χ4v) is 2.05. The number of hydrogen-bond donors (Lipinski definition) is 2. The number of carbonyl (C=O) groups excluding carboxylic acids is 1. The van der Waals surface area contributed by atoms with Crippen molar-refractivity contribution >= 4 is 29.2 Å². The number of carboxylic acid groups (broad SMARTS) is 1. The summed E-state index contributed by atoms with van der Waals surface area (Å²) in [4.78, 5) is 22.8. The molecule has 0 heterocycles. The van der Waals surface area contributed by atoms with Gasteiger partial charge in [-0.3, -0.25) is 4.79 Å². The van der Waals surface area contributed by atoms with Crippen LogP contribution in [0, 0.1) is 5.82 Å². The third-order valence-electron chi connectivity index (χ3n) is 3.21. The molecular weight excluding hydrogens is 337 g/mol. The van der Waals surface area contributed by atoms with Gasteiger partial charge >= 0.3 is 5.97 Å². The van der Waals surface area contributed by atoms with Crippen LogP contribution in [0.5, 0.6) is 5.75 Å². The van der Waals surface area contributed by atoms with Crippen molar-refractivity contribution in [1.29, 1.82) is 0 Å². The molecule has 0 aliphatic rings. The number of hydrogen-bond acceptors (Lipinski definition) is 3. The van der Waals surface area contributed by atoms with Gasteiger partial charge in [0.15, 0.2) is 0 Å². The van der Waals surface area contributed by atoms with Gasteiger partial charge in [-0.25, -0.2) is 9.18 Å². The number of halogens is 2. The SMILES string of the molecule is CCC(=O)Nc1ccc(OCc2ccc(Cl)c(F)c2)cc1C(=O)O. The summed E-state index contributed by atoms with van der Waals surface area (Å²) < 4.78 is 18.9. The van der Waals surface area contributed by atoms with E-state index in [-0.39, 0.29) is 41.0 Å². The molecule has 0 radical (unpaired) electrons. The summed E-state index contributed by atoms with van der Waals surface area (Å²) in [6.07, 6.45) is 0.236. The lowest BCUT2D eigenvalue weighted by molar-refractivity contribution is -0.115. The molecule has 0 aliphatic heterocycles. The van der Waals surface area contributed by atoms with Crippen molar-refractivity contribution in [3.05, 3.63) is 58.4 Å². The van der Waals surface area contributed by atoms with Gasteiger partial charge in [-0.15, -0.1) is 0 Å². The fourth-order valence-electron chi connectivity index (χ4n) is 1.93. The maximum atomic E-state index is 13.4. The van der Waals surface area contributed by atoms with E-state index in [0.29, 0.717) is 5.56 Å². The zero-order valence-electron chi connectivity index (χ0n) is 12.8. The topological polar surface area (TPSA) is 75.6 Å². The third kappa shape index (κ3) is 4.45. The highest BCUT2D eigenvalue weighted by atomic mass is 35.5. The summed E-state index contributed by atoms with van der Waals surface area (Å²) in [5.74, 6) is -1.74. The molecule has 0 atom stereocenters. The summed E-state index contributed by atoms with van der Waals surface area (Å²) in [5.41, 5.74) is 0.660. The van der Waals surface area contributed by atoms with Gasteiger partial charge < -0.3 is 15.2 Å². The normalized spacial score (nSPS) is 10.3. The van der Waals surface area contributed by atoms with Crippen molar-refractivity contribution in [1.82, 2.24) is 0 Å². The molecule has 1 amide bonds. The molecule has 24 heavy (non-hydrogen) atoms. The summed E-state index contributed by atoms with van der Waals surface area (Å²) in [6, 6.07) is 8.57. The standard InChI is InChI=1S/C17H15ClFNO4/c1-2-16(21)20-15-6-4-11(8-12(15)17(22)23)24-9-10-3-5-13(18)14(19)7-10/h3-8H,2,9H2,1H3,(H,20,21)(H,22,23). The molecular formula is C17H15ClFNO4. The van der Waals surface area contributed by atoms with Crippen LogP contribution in [0.1, 0.15) is 29.3 Å². The second-order valence-electron chi connectivity index (χ2n) is 4.95. The lowest BCUT2D eigenvalue weighted by Gasteiger charge is -2.11. The van der Waals surface area contributed by atoms with Gasteiger partial charge in [0.05, 0.1) is 16.3 Å². The lowest BCUT2D eigenvalue weighted by Crippen LogP contribution is -2.13. The van der Waals surface area contributed by atoms with Crippen molar-refractivity contribution < 1.29 is 23.8 Å². The number of carbonyl (C=O) groups is 2. The Kier molecular flexibility index (Phi) is 5.76. The quantitative estimate of drug-likeness (QED) is 0.821. The molecule has 0 aliphatic carbocycles. The van der Waals surface area contributed by atoms with E-state index in [4.69, 9.17) is 16.3 Å². The molecule has 2 rings (SSSR count). The Labute approximate surface area is 143 Å². The maximum absolute atomic E-state index is 13.4. The molecule has 2 N–H and O–H groups in total. The Morgan fingerprint density at radius 1 is 1.25 bits per heavy atom. The largest absolute Gasteiger partial charge is 0.489 e. The molecule has 0 saturated heterocycles. The van der Waals surface area contributed by atoms with E-state index in [1.54, 1.807) is 13.0 Å². The number of aromatic carboxylic acids is 1. The smallest absolute Gasteiger partial charge is 0.337 e. The van der Waals surface area contributed by atoms with Crippen molar-refractivity contribution in [3.8, 4) is 5.75 Å². The molecule has 2 aromatic rings. The molecule has 0 aromatic heterocycles. The fraction of sp³-hybridized carbons (Fsp3) is 0.176. The summed E-state index contributed by atoms with van der Waals surface area (Å²) in [6.45, 7) is 1.71. The second kappa shape index (κ2) is 7.79. The van der Waals surface area contributed by atoms with Crippen LogP contribution in [0.4, 0.5) is 10.1 Å². The first-order valence-corrected chi connectivity index (χ1v) is 7.52. The number of benzene rings is 2. The van der Waals surface area contributed by atoms with Gasteiger partial charge in [0.2, 0.25) is 5.91 Å². The van der Waals surface area contributed by atoms with Crippen LogP contribution in [0.2, 0.25) is 5.02 Å². The zero-order valence-corrected chi connectivity index (χ0v) is 13.6. The van der Waals surface area contributed by atoms with Crippen LogP contribution in [-0.2, 0) is 11.4 Å². The number of anilines is 1. The average molecular weight is 352 g/mol. The van der Waals surface area contributed by atoms with Gasteiger partial charge in [0, 0.05) is 6.42 Å². The van der Waals surface area contributed by atoms with Gasteiger partial charge in [-0.2, -0.15) is 0 Å². The minimum absolute atomic E-state index is 0.0166. The monoisotopic (exact) mass is 351 g/mol. The van der Waals surface area contributed by atoms with E-state index in [1.165, 1.54) is 30.3 Å². The van der Waals surface area contributed by atoms with Gasteiger partial charge in [0.1, 0.15) is 18.2 Å². The number of carboxylic acids is 1. The highest BCUT2D eigenvalue weighted by Gasteiger charge is 2.13. The molecule has 126 valence electrons. The zero-order chi connectivity index (χ0) is 17.7. The average Bonchev–Trinajstić information content (AvgIpc) is 2.56. The van der Waals surface area contributed by atoms with Gasteiger partial charge in [-0.05, 0) is 35.9 Å². The Balaban J connectivity index is 2.15. The number of nitrogens with one attached hydrogen (secondary N) is 1. The van der Waals surface area contributed by atoms with E-state index in [9.17, 15) is 19.1 Å². The Morgan fingerprint density at radius 3 is 2.62 bits per heavy atom. The third-order valence-corrected chi connectivity index (χ3v) is 3.51. The molecule has 0 unspecified atom stereocenters. The van der Waals surface area contributed by atoms with E-state index < -0.39 is 11.8 Å². The first kappa shape index (κ1) is 17.7. The summed E-state index contributed by atoms with van der Waals surface area (Å²) in [5, 5.41) is 11.8. The molecule has 7 heteroatoms. The number of rotatable bonds is 6. The van der Waals surface area contributed by atoms with Crippen molar-refractivity contribution in [2.75, 3.05) is 5.32 Å². The first-order chi connectivity index (χ1) is 11.4. The lowest BCUT2D eigenvalue weighted by atomic mass is 10.1. The van der Waals surface area contributed by atoms with Crippen LogP contribution < -0.4 is 10.1 Å². The molecule has 0 bridgehead atoms. The van der Waals surface area contributed by atoms with E-state index >= 15 is 0 Å². The molecule has 0 spiro atoms. The predicted molar refractivity (Wildman–Crippen MR) is 88.1 cm³/mol. The van der Waals surface area contributed by atoms with Gasteiger partial charge in [0.25, 0.3) is 0 Å². The highest BCUT2D eigenvalue weighted by Crippen LogP contribution is 2.24. The second-order valence-corrected chi connectivity index (χ2v) is 5.36. The molecule has 2 aromatic carbocycles. The van der Waals surface area contributed by atoms with Crippen molar-refractivity contribution in [3.63, 3.8) is 0 Å². The minimum atomic E-state index is -1.19. The van der Waals surface area contributed by atoms with E-state index in [0.717, 1.165) is 0 Å². The number of ether oxygens (including phenoxy) is 1. The van der Waals surface area contributed by atoms with Crippen LogP contribution in [0.25, 0.3) is 0 Å². The Hall–Kier alpha value is -2.60. The van der Waals surface area contributed by atoms with Crippen LogP contribution >= 0.6 is 11.6 Å². The van der Waals surface area contributed by atoms with Gasteiger partial charge in [-0.1, -0.05) is 24.6 Å². The molecule has 0 saturated carbocycles. The molecule has 0 fully saturated rings. The van der Waals surface area contributed by atoms with Crippen LogP contribution in [0.3, 0.4) is 0 Å². The van der Waals surface area contributed by atoms with Crippen LogP contribution in [0.15, 0.2) is 36.4 Å².